The molecule has 0 aliphatic carbocycles. The van der Waals surface area contributed by atoms with E-state index in [2.05, 4.69) is 31.1 Å². The Hall–Kier alpha value is -1.62. The van der Waals surface area contributed by atoms with Crippen molar-refractivity contribution < 1.29 is 4.79 Å². The van der Waals surface area contributed by atoms with Crippen LogP contribution < -0.4 is 16.8 Å². The molecule has 0 bridgehead atoms. The van der Waals surface area contributed by atoms with Gasteiger partial charge in [0, 0.05) is 18.3 Å². The molecule has 5 heteroatoms. The Morgan fingerprint density at radius 1 is 1.50 bits per heavy atom. The van der Waals surface area contributed by atoms with Gasteiger partial charge < -0.3 is 16.8 Å². The van der Waals surface area contributed by atoms with Crippen molar-refractivity contribution in [1.82, 2.24) is 4.98 Å². The van der Waals surface area contributed by atoms with Crippen LogP contribution in [0, 0.1) is 5.92 Å². The fraction of sp³-hybridized carbons (Fsp3) is 0.538. The Morgan fingerprint density at radius 2 is 2.17 bits per heavy atom. The molecule has 1 amide bonds. The first-order valence-electron chi connectivity index (χ1n) is 6.10. The van der Waals surface area contributed by atoms with Gasteiger partial charge in [-0.25, -0.2) is 4.98 Å². The number of primary amides is 1. The molecule has 0 radical (unpaired) electrons. The Bertz CT molecular complexity index is 402. The molecule has 0 saturated carbocycles. The number of carbonyl (C=O) groups is 1. The van der Waals surface area contributed by atoms with E-state index in [9.17, 15) is 4.79 Å². The molecule has 0 aromatic carbocycles. The standard InChI is InChI=1S/C13H22N4O/c1-9(2)6-13(3,8-14)17-11-5-4-10(7-16-11)12(15)18/h4-5,7,9H,6,8,14H2,1-3H3,(H2,15,18)(H,16,17). The predicted molar refractivity (Wildman–Crippen MR) is 73.3 cm³/mol. The molecular formula is C13H22N4O. The summed E-state index contributed by atoms with van der Waals surface area (Å²) >= 11 is 0. The van der Waals surface area contributed by atoms with Crippen molar-refractivity contribution in [2.24, 2.45) is 17.4 Å². The third-order valence-corrected chi connectivity index (χ3v) is 2.79. The van der Waals surface area contributed by atoms with E-state index >= 15 is 0 Å². The molecular weight excluding hydrogens is 228 g/mol. The fourth-order valence-electron chi connectivity index (χ4n) is 2.01. The van der Waals surface area contributed by atoms with Gasteiger partial charge in [0.05, 0.1) is 5.56 Å². The first kappa shape index (κ1) is 14.4. The Morgan fingerprint density at radius 3 is 2.56 bits per heavy atom. The molecule has 1 heterocycles. The van der Waals surface area contributed by atoms with Crippen molar-refractivity contribution in [1.29, 1.82) is 0 Å². The maximum absolute atomic E-state index is 10.9. The maximum atomic E-state index is 10.9. The van der Waals surface area contributed by atoms with Crippen molar-refractivity contribution >= 4 is 11.7 Å². The third kappa shape index (κ3) is 4.00. The highest BCUT2D eigenvalue weighted by Crippen LogP contribution is 2.20. The fourth-order valence-corrected chi connectivity index (χ4v) is 2.01. The summed E-state index contributed by atoms with van der Waals surface area (Å²) in [7, 11) is 0. The van der Waals surface area contributed by atoms with Gasteiger partial charge >= 0.3 is 0 Å². The number of pyridine rings is 1. The van der Waals surface area contributed by atoms with E-state index in [0.29, 0.717) is 23.8 Å². The van der Waals surface area contributed by atoms with Crippen LogP contribution >= 0.6 is 0 Å². The van der Waals surface area contributed by atoms with Crippen molar-refractivity contribution in [2.75, 3.05) is 11.9 Å². The molecule has 1 atom stereocenters. The normalized spacial score (nSPS) is 14.3. The van der Waals surface area contributed by atoms with Crippen LogP contribution in [-0.4, -0.2) is 23.0 Å². The zero-order valence-corrected chi connectivity index (χ0v) is 11.2. The van der Waals surface area contributed by atoms with Gasteiger partial charge in [-0.1, -0.05) is 13.8 Å². The van der Waals surface area contributed by atoms with Gasteiger partial charge in [-0.3, -0.25) is 4.79 Å². The second kappa shape index (κ2) is 5.82. The summed E-state index contributed by atoms with van der Waals surface area (Å²) in [5.74, 6) is 0.766. The summed E-state index contributed by atoms with van der Waals surface area (Å²) in [4.78, 5) is 15.1. The van der Waals surface area contributed by atoms with Gasteiger partial charge in [-0.15, -0.1) is 0 Å². The SMILES string of the molecule is CC(C)CC(C)(CN)Nc1ccc(C(N)=O)cn1. The zero-order chi connectivity index (χ0) is 13.8. The topological polar surface area (TPSA) is 94.0 Å². The lowest BCUT2D eigenvalue weighted by Crippen LogP contribution is -2.43. The first-order chi connectivity index (χ1) is 8.36. The van der Waals surface area contributed by atoms with E-state index in [1.54, 1.807) is 12.1 Å². The summed E-state index contributed by atoms with van der Waals surface area (Å²) < 4.78 is 0. The smallest absolute Gasteiger partial charge is 0.250 e. The van der Waals surface area contributed by atoms with Gasteiger partial charge in [-0.2, -0.15) is 0 Å². The second-order valence-electron chi connectivity index (χ2n) is 5.28. The number of aromatic nitrogens is 1. The van der Waals surface area contributed by atoms with Crippen molar-refractivity contribution in [3.8, 4) is 0 Å². The molecule has 1 unspecified atom stereocenters. The van der Waals surface area contributed by atoms with E-state index in [0.717, 1.165) is 6.42 Å². The summed E-state index contributed by atoms with van der Waals surface area (Å²) in [5, 5.41) is 3.31. The molecule has 1 aromatic heterocycles. The number of carbonyl (C=O) groups excluding carboxylic acids is 1. The van der Waals surface area contributed by atoms with Gasteiger partial charge in [-0.05, 0) is 31.4 Å². The van der Waals surface area contributed by atoms with E-state index in [4.69, 9.17) is 11.5 Å². The largest absolute Gasteiger partial charge is 0.366 e. The quantitative estimate of drug-likeness (QED) is 0.710. The molecule has 0 saturated heterocycles. The van der Waals surface area contributed by atoms with Crippen LogP contribution in [0.2, 0.25) is 0 Å². The second-order valence-corrected chi connectivity index (χ2v) is 5.28. The minimum atomic E-state index is -0.474. The molecule has 18 heavy (non-hydrogen) atoms. The molecule has 0 spiro atoms. The average Bonchev–Trinajstić information content (AvgIpc) is 2.28. The molecule has 1 rings (SSSR count). The van der Waals surface area contributed by atoms with Gasteiger partial charge in [0.25, 0.3) is 0 Å². The lowest BCUT2D eigenvalue weighted by molar-refractivity contribution is 0.1000. The highest BCUT2D eigenvalue weighted by molar-refractivity contribution is 5.92. The van der Waals surface area contributed by atoms with Crippen LogP contribution in [0.5, 0.6) is 0 Å². The van der Waals surface area contributed by atoms with E-state index in [1.165, 1.54) is 6.20 Å². The maximum Gasteiger partial charge on any atom is 0.250 e. The van der Waals surface area contributed by atoms with Gasteiger partial charge in [0.2, 0.25) is 5.91 Å². The summed E-state index contributed by atoms with van der Waals surface area (Å²) in [5.41, 5.74) is 11.2. The van der Waals surface area contributed by atoms with Gasteiger partial charge in [0.15, 0.2) is 0 Å². The summed E-state index contributed by atoms with van der Waals surface area (Å²) in [6, 6.07) is 3.40. The van der Waals surface area contributed by atoms with Crippen molar-refractivity contribution in [2.45, 2.75) is 32.7 Å². The summed E-state index contributed by atoms with van der Waals surface area (Å²) in [6.45, 7) is 6.89. The molecule has 0 aliphatic heterocycles. The van der Waals surface area contributed by atoms with Crippen LogP contribution in [-0.2, 0) is 0 Å². The highest BCUT2D eigenvalue weighted by Gasteiger charge is 2.23. The first-order valence-corrected chi connectivity index (χ1v) is 6.10. The number of hydrogen-bond acceptors (Lipinski definition) is 4. The highest BCUT2D eigenvalue weighted by atomic mass is 16.1. The lowest BCUT2D eigenvalue weighted by Gasteiger charge is -2.31. The molecule has 0 aliphatic rings. The zero-order valence-electron chi connectivity index (χ0n) is 11.2. The minimum absolute atomic E-state index is 0.199. The van der Waals surface area contributed by atoms with Crippen LogP contribution in [0.3, 0.4) is 0 Å². The minimum Gasteiger partial charge on any atom is -0.366 e. The number of rotatable bonds is 6. The van der Waals surface area contributed by atoms with Crippen LogP contribution in [0.4, 0.5) is 5.82 Å². The van der Waals surface area contributed by atoms with Crippen LogP contribution in [0.1, 0.15) is 37.6 Å². The van der Waals surface area contributed by atoms with Gasteiger partial charge in [0.1, 0.15) is 5.82 Å². The number of nitrogens with one attached hydrogen (secondary N) is 1. The molecule has 0 fully saturated rings. The Labute approximate surface area is 108 Å². The number of amides is 1. The molecule has 5 nitrogen and oxygen atoms in total. The summed E-state index contributed by atoms with van der Waals surface area (Å²) in [6.07, 6.45) is 2.42. The van der Waals surface area contributed by atoms with Crippen molar-refractivity contribution in [3.63, 3.8) is 0 Å². The number of anilines is 1. The van der Waals surface area contributed by atoms with Crippen LogP contribution in [0.25, 0.3) is 0 Å². The molecule has 5 N–H and O–H groups in total. The number of nitrogens with two attached hydrogens (primary N) is 2. The lowest BCUT2D eigenvalue weighted by atomic mass is 9.91. The predicted octanol–water partition coefficient (Wildman–Crippen LogP) is 1.36. The molecule has 1 aromatic rings. The van der Waals surface area contributed by atoms with Crippen LogP contribution in [0.15, 0.2) is 18.3 Å². The van der Waals surface area contributed by atoms with E-state index < -0.39 is 5.91 Å². The Kier molecular flexibility index (Phi) is 4.67. The van der Waals surface area contributed by atoms with E-state index in [1.807, 2.05) is 0 Å². The average molecular weight is 250 g/mol. The third-order valence-electron chi connectivity index (χ3n) is 2.79. The monoisotopic (exact) mass is 250 g/mol. The Balaban J connectivity index is 2.79. The number of hydrogen-bond donors (Lipinski definition) is 3. The number of nitrogens with zero attached hydrogens (tertiary/aromatic N) is 1. The molecule has 100 valence electrons. The van der Waals surface area contributed by atoms with Crippen molar-refractivity contribution in [3.05, 3.63) is 23.9 Å². The van der Waals surface area contributed by atoms with E-state index in [-0.39, 0.29) is 5.54 Å².